The Balaban J connectivity index is 2.33. The first-order chi connectivity index (χ1) is 9.88. The summed E-state index contributed by atoms with van der Waals surface area (Å²) in [5.41, 5.74) is -0.621. The minimum Gasteiger partial charge on any atom is -0.319 e. The average molecular weight is 329 g/mol. The predicted molar refractivity (Wildman–Crippen MR) is 77.5 cm³/mol. The van der Waals surface area contributed by atoms with Crippen molar-refractivity contribution in [2.75, 3.05) is 5.32 Å². The largest absolute Gasteiger partial charge is 0.319 e. The molecule has 0 aliphatic rings. The van der Waals surface area contributed by atoms with Crippen molar-refractivity contribution in [2.24, 2.45) is 0 Å². The highest BCUT2D eigenvalue weighted by Crippen LogP contribution is 2.25. The van der Waals surface area contributed by atoms with Gasteiger partial charge in [0, 0.05) is 17.2 Å². The smallest absolute Gasteiger partial charge is 0.271 e. The maximum atomic E-state index is 13.6. The summed E-state index contributed by atoms with van der Waals surface area (Å²) in [6.45, 7) is 0. The number of nitro groups is 1. The Hall–Kier alpha value is -2.18. The van der Waals surface area contributed by atoms with Crippen LogP contribution >= 0.6 is 23.2 Å². The number of hydrogen-bond acceptors (Lipinski definition) is 3. The van der Waals surface area contributed by atoms with Crippen molar-refractivity contribution in [1.29, 1.82) is 0 Å². The number of nitrogens with one attached hydrogen (secondary N) is 1. The van der Waals surface area contributed by atoms with Gasteiger partial charge in [-0.1, -0.05) is 23.2 Å². The maximum absolute atomic E-state index is 13.6. The van der Waals surface area contributed by atoms with E-state index >= 15 is 0 Å². The molecule has 8 heteroatoms. The first-order valence-electron chi connectivity index (χ1n) is 5.59. The van der Waals surface area contributed by atoms with Crippen molar-refractivity contribution in [1.82, 2.24) is 0 Å². The lowest BCUT2D eigenvalue weighted by atomic mass is 10.2. The van der Waals surface area contributed by atoms with Crippen LogP contribution in [-0.4, -0.2) is 10.8 Å². The van der Waals surface area contributed by atoms with E-state index in [1.54, 1.807) is 0 Å². The monoisotopic (exact) mass is 328 g/mol. The minimum atomic E-state index is -0.799. The van der Waals surface area contributed by atoms with E-state index in [4.69, 9.17) is 23.2 Å². The molecule has 0 aliphatic carbocycles. The quantitative estimate of drug-likeness (QED) is 0.674. The fourth-order valence-corrected chi connectivity index (χ4v) is 1.96. The summed E-state index contributed by atoms with van der Waals surface area (Å²) in [5, 5.41) is 13.3. The molecule has 0 heterocycles. The van der Waals surface area contributed by atoms with Gasteiger partial charge in [-0.3, -0.25) is 14.9 Å². The summed E-state index contributed by atoms with van der Waals surface area (Å²) < 4.78 is 13.6. The van der Waals surface area contributed by atoms with Crippen LogP contribution < -0.4 is 5.32 Å². The Morgan fingerprint density at radius 3 is 2.57 bits per heavy atom. The fourth-order valence-electron chi connectivity index (χ4n) is 1.58. The zero-order valence-electron chi connectivity index (χ0n) is 10.3. The van der Waals surface area contributed by atoms with Crippen LogP contribution in [-0.2, 0) is 0 Å². The van der Waals surface area contributed by atoms with E-state index in [2.05, 4.69) is 5.32 Å². The van der Waals surface area contributed by atoms with Crippen molar-refractivity contribution in [3.63, 3.8) is 0 Å². The summed E-state index contributed by atoms with van der Waals surface area (Å²) in [7, 11) is 0. The number of amides is 1. The van der Waals surface area contributed by atoms with E-state index in [1.807, 2.05) is 0 Å². The Bertz CT molecular complexity index is 737. The van der Waals surface area contributed by atoms with Crippen LogP contribution in [0.15, 0.2) is 36.4 Å². The van der Waals surface area contributed by atoms with Crippen LogP contribution in [0.4, 0.5) is 15.8 Å². The SMILES string of the molecule is O=C(Nc1cc([N+](=O)[O-])ccc1F)c1cc(Cl)ccc1Cl. The second-order valence-corrected chi connectivity index (χ2v) is 4.84. The Morgan fingerprint density at radius 1 is 1.19 bits per heavy atom. The normalized spacial score (nSPS) is 10.2. The van der Waals surface area contributed by atoms with Gasteiger partial charge in [-0.25, -0.2) is 4.39 Å². The molecule has 2 rings (SSSR count). The molecule has 0 bridgehead atoms. The number of benzene rings is 2. The van der Waals surface area contributed by atoms with Crippen molar-refractivity contribution in [2.45, 2.75) is 0 Å². The lowest BCUT2D eigenvalue weighted by Crippen LogP contribution is -2.13. The molecule has 0 fully saturated rings. The zero-order chi connectivity index (χ0) is 15.6. The van der Waals surface area contributed by atoms with E-state index in [-0.39, 0.29) is 27.0 Å². The van der Waals surface area contributed by atoms with Crippen LogP contribution in [0.1, 0.15) is 10.4 Å². The van der Waals surface area contributed by atoms with Crippen LogP contribution in [0.3, 0.4) is 0 Å². The standard InChI is InChI=1S/C13H7Cl2FN2O3/c14-7-1-3-10(15)9(5-7)13(19)17-12-6-8(18(20)21)2-4-11(12)16/h1-6H,(H,17,19). The highest BCUT2D eigenvalue weighted by molar-refractivity contribution is 6.36. The predicted octanol–water partition coefficient (Wildman–Crippen LogP) is 4.29. The summed E-state index contributed by atoms with van der Waals surface area (Å²) in [5.74, 6) is -1.52. The molecule has 0 aromatic heterocycles. The second kappa shape index (κ2) is 6.07. The van der Waals surface area contributed by atoms with Gasteiger partial charge in [0.15, 0.2) is 0 Å². The molecule has 2 aromatic rings. The third-order valence-electron chi connectivity index (χ3n) is 2.58. The number of nitrogens with zero attached hydrogens (tertiary/aromatic N) is 1. The summed E-state index contributed by atoms with van der Waals surface area (Å²) >= 11 is 11.6. The molecule has 0 aliphatic heterocycles. The molecular weight excluding hydrogens is 322 g/mol. The number of hydrogen-bond donors (Lipinski definition) is 1. The van der Waals surface area contributed by atoms with Gasteiger partial charge in [-0.2, -0.15) is 0 Å². The third kappa shape index (κ3) is 3.48. The van der Waals surface area contributed by atoms with Gasteiger partial charge in [-0.05, 0) is 24.3 Å². The number of non-ortho nitro benzene ring substituents is 1. The summed E-state index contributed by atoms with van der Waals surface area (Å²) in [6.07, 6.45) is 0. The molecule has 2 aromatic carbocycles. The lowest BCUT2D eigenvalue weighted by Gasteiger charge is -2.08. The number of anilines is 1. The Kier molecular flexibility index (Phi) is 4.40. The van der Waals surface area contributed by atoms with Gasteiger partial charge in [0.1, 0.15) is 5.82 Å². The maximum Gasteiger partial charge on any atom is 0.271 e. The van der Waals surface area contributed by atoms with Crippen molar-refractivity contribution in [3.8, 4) is 0 Å². The molecule has 1 amide bonds. The minimum absolute atomic E-state index is 0.0371. The fraction of sp³-hybridized carbons (Fsp3) is 0. The van der Waals surface area contributed by atoms with E-state index in [9.17, 15) is 19.3 Å². The van der Waals surface area contributed by atoms with Gasteiger partial charge in [0.05, 0.1) is 21.2 Å². The molecule has 1 N–H and O–H groups in total. The van der Waals surface area contributed by atoms with Crippen LogP contribution in [0, 0.1) is 15.9 Å². The van der Waals surface area contributed by atoms with Gasteiger partial charge in [0.25, 0.3) is 11.6 Å². The van der Waals surface area contributed by atoms with Crippen molar-refractivity contribution >= 4 is 40.5 Å². The van der Waals surface area contributed by atoms with E-state index in [1.165, 1.54) is 18.2 Å². The molecule has 0 unspecified atom stereocenters. The van der Waals surface area contributed by atoms with Crippen LogP contribution in [0.25, 0.3) is 0 Å². The molecule has 0 radical (unpaired) electrons. The third-order valence-corrected chi connectivity index (χ3v) is 3.15. The Labute approximate surface area is 128 Å². The summed E-state index contributed by atoms with van der Waals surface area (Å²) in [4.78, 5) is 22.0. The number of nitro benzene ring substituents is 1. The highest BCUT2D eigenvalue weighted by Gasteiger charge is 2.16. The number of rotatable bonds is 3. The van der Waals surface area contributed by atoms with Gasteiger partial charge < -0.3 is 5.32 Å². The van der Waals surface area contributed by atoms with Gasteiger partial charge >= 0.3 is 0 Å². The average Bonchev–Trinajstić information content (AvgIpc) is 2.43. The molecular formula is C13H7Cl2FN2O3. The molecule has 21 heavy (non-hydrogen) atoms. The molecule has 0 spiro atoms. The van der Waals surface area contributed by atoms with Crippen molar-refractivity contribution < 1.29 is 14.1 Å². The van der Waals surface area contributed by atoms with Crippen LogP contribution in [0.2, 0.25) is 10.0 Å². The lowest BCUT2D eigenvalue weighted by molar-refractivity contribution is -0.384. The highest BCUT2D eigenvalue weighted by atomic mass is 35.5. The van der Waals surface area contributed by atoms with Gasteiger partial charge in [0.2, 0.25) is 0 Å². The number of carbonyl (C=O) groups excluding carboxylic acids is 1. The first kappa shape index (κ1) is 15.2. The molecule has 108 valence electrons. The summed E-state index contributed by atoms with van der Waals surface area (Å²) in [6, 6.07) is 7.04. The zero-order valence-corrected chi connectivity index (χ0v) is 11.8. The Morgan fingerprint density at radius 2 is 1.90 bits per heavy atom. The topological polar surface area (TPSA) is 72.2 Å². The molecule has 0 atom stereocenters. The molecule has 0 saturated heterocycles. The van der Waals surface area contributed by atoms with E-state index < -0.39 is 16.6 Å². The van der Waals surface area contributed by atoms with Crippen LogP contribution in [0.5, 0.6) is 0 Å². The van der Waals surface area contributed by atoms with Gasteiger partial charge in [-0.15, -0.1) is 0 Å². The number of carbonyl (C=O) groups is 1. The first-order valence-corrected chi connectivity index (χ1v) is 6.34. The number of halogens is 3. The molecule has 0 saturated carbocycles. The van der Waals surface area contributed by atoms with E-state index in [0.29, 0.717) is 0 Å². The van der Waals surface area contributed by atoms with E-state index in [0.717, 1.165) is 18.2 Å². The molecule has 5 nitrogen and oxygen atoms in total. The second-order valence-electron chi connectivity index (χ2n) is 4.00. The van der Waals surface area contributed by atoms with Crippen molar-refractivity contribution in [3.05, 3.63) is 67.9 Å².